The molecule has 2 saturated heterocycles. The molecule has 7 heteroatoms. The predicted octanol–water partition coefficient (Wildman–Crippen LogP) is 2.17. The van der Waals surface area contributed by atoms with Crippen molar-refractivity contribution in [2.75, 3.05) is 26.2 Å². The van der Waals surface area contributed by atoms with E-state index in [1.807, 2.05) is 54.6 Å². The summed E-state index contributed by atoms with van der Waals surface area (Å²) >= 11 is 0. The van der Waals surface area contributed by atoms with Gasteiger partial charge in [-0.25, -0.2) is 12.7 Å². The Hall–Kier alpha value is -2.21. The molecule has 2 aliphatic heterocycles. The van der Waals surface area contributed by atoms with Crippen LogP contribution in [0.4, 0.5) is 0 Å². The Balaban J connectivity index is 1.55. The molecule has 4 atom stereocenters. The molecule has 6 nitrogen and oxygen atoms in total. The Kier molecular flexibility index (Phi) is 7.52. The summed E-state index contributed by atoms with van der Waals surface area (Å²) in [6.07, 6.45) is 1.05. The van der Waals surface area contributed by atoms with E-state index in [1.165, 1.54) is 0 Å². The molecule has 0 unspecified atom stereocenters. The van der Waals surface area contributed by atoms with Crippen LogP contribution in [0.5, 0.6) is 0 Å². The van der Waals surface area contributed by atoms with Gasteiger partial charge >= 0.3 is 0 Å². The van der Waals surface area contributed by atoms with Gasteiger partial charge in [-0.05, 0) is 49.6 Å². The van der Waals surface area contributed by atoms with Crippen molar-refractivity contribution >= 4 is 10.0 Å². The normalized spacial score (nSPS) is 25.0. The van der Waals surface area contributed by atoms with E-state index >= 15 is 0 Å². The topological polar surface area (TPSA) is 81.1 Å². The molecular formula is C26H32N2O4S. The van der Waals surface area contributed by atoms with Crippen LogP contribution in [0.1, 0.15) is 42.4 Å². The number of aliphatic hydroxyl groups excluding tert-OH is 2. The van der Waals surface area contributed by atoms with E-state index in [4.69, 9.17) is 0 Å². The highest BCUT2D eigenvalue weighted by atomic mass is 32.2. The first-order valence-electron chi connectivity index (χ1n) is 11.6. The number of hydrogen-bond acceptors (Lipinski definition) is 5. The summed E-state index contributed by atoms with van der Waals surface area (Å²) in [5.74, 6) is 5.76. The van der Waals surface area contributed by atoms with Crippen molar-refractivity contribution in [3.05, 3.63) is 71.3 Å². The van der Waals surface area contributed by atoms with Crippen LogP contribution in [0.3, 0.4) is 0 Å². The third kappa shape index (κ3) is 5.48. The lowest BCUT2D eigenvalue weighted by Crippen LogP contribution is -2.67. The van der Waals surface area contributed by atoms with Crippen LogP contribution < -0.4 is 0 Å². The number of fused-ring (bicyclic) bond motifs is 1. The standard InChI is InChI=1S/C26H32N2O4S/c1-20(30)9-10-21-11-13-23(14-12-21)26-24-17-27(15-5-6-16-28(24)25(26)18-29)33(31,32)19-22-7-3-2-4-8-22/h2-4,7-8,11-14,20,24-26,29-30H,5-6,15-19H2,1H3/t20-,24+,25-,26-/m0/s1. The van der Waals surface area contributed by atoms with E-state index in [0.717, 1.165) is 36.1 Å². The lowest BCUT2D eigenvalue weighted by Gasteiger charge is -2.57. The Morgan fingerprint density at radius 3 is 2.42 bits per heavy atom. The van der Waals surface area contributed by atoms with Gasteiger partial charge in [0.2, 0.25) is 10.0 Å². The van der Waals surface area contributed by atoms with Crippen LogP contribution in [0, 0.1) is 11.8 Å². The van der Waals surface area contributed by atoms with Crippen molar-refractivity contribution in [3.63, 3.8) is 0 Å². The summed E-state index contributed by atoms with van der Waals surface area (Å²) < 4.78 is 28.2. The highest BCUT2D eigenvalue weighted by Crippen LogP contribution is 2.42. The van der Waals surface area contributed by atoms with Gasteiger partial charge in [0.1, 0.15) is 6.10 Å². The van der Waals surface area contributed by atoms with Crippen LogP contribution in [0.2, 0.25) is 0 Å². The van der Waals surface area contributed by atoms with E-state index < -0.39 is 16.1 Å². The number of nitrogens with zero attached hydrogens (tertiary/aromatic N) is 2. The highest BCUT2D eigenvalue weighted by molar-refractivity contribution is 7.88. The van der Waals surface area contributed by atoms with E-state index in [-0.39, 0.29) is 30.4 Å². The fourth-order valence-corrected chi connectivity index (χ4v) is 6.60. The van der Waals surface area contributed by atoms with Crippen LogP contribution >= 0.6 is 0 Å². The molecule has 0 saturated carbocycles. The third-order valence-electron chi connectivity index (χ3n) is 6.64. The van der Waals surface area contributed by atoms with Gasteiger partial charge in [-0.15, -0.1) is 0 Å². The van der Waals surface area contributed by atoms with Gasteiger partial charge in [-0.3, -0.25) is 4.90 Å². The van der Waals surface area contributed by atoms with Crippen LogP contribution in [0.15, 0.2) is 54.6 Å². The average Bonchev–Trinajstić information content (AvgIpc) is 2.77. The fraction of sp³-hybridized carbons (Fsp3) is 0.462. The van der Waals surface area contributed by atoms with E-state index in [0.29, 0.717) is 13.1 Å². The number of benzene rings is 2. The lowest BCUT2D eigenvalue weighted by molar-refractivity contribution is -0.0554. The van der Waals surface area contributed by atoms with E-state index in [2.05, 4.69) is 16.7 Å². The van der Waals surface area contributed by atoms with Gasteiger partial charge in [-0.2, -0.15) is 0 Å². The number of aliphatic hydroxyl groups is 2. The van der Waals surface area contributed by atoms with Gasteiger partial charge in [0, 0.05) is 36.7 Å². The average molecular weight is 469 g/mol. The second kappa shape index (κ2) is 10.4. The van der Waals surface area contributed by atoms with Crippen LogP contribution in [-0.2, 0) is 15.8 Å². The second-order valence-electron chi connectivity index (χ2n) is 8.96. The molecule has 0 spiro atoms. The molecule has 0 radical (unpaired) electrons. The molecule has 0 amide bonds. The van der Waals surface area contributed by atoms with Gasteiger partial charge in [0.25, 0.3) is 0 Å². The zero-order valence-electron chi connectivity index (χ0n) is 19.0. The van der Waals surface area contributed by atoms with Gasteiger partial charge in [0.05, 0.1) is 12.4 Å². The Bertz CT molecular complexity index is 1090. The van der Waals surface area contributed by atoms with Crippen molar-refractivity contribution in [2.45, 2.75) is 49.6 Å². The predicted molar refractivity (Wildman–Crippen MR) is 129 cm³/mol. The van der Waals surface area contributed by atoms with Crippen molar-refractivity contribution < 1.29 is 18.6 Å². The molecule has 2 heterocycles. The molecule has 4 rings (SSSR count). The third-order valence-corrected chi connectivity index (χ3v) is 8.46. The summed E-state index contributed by atoms with van der Waals surface area (Å²) in [5, 5.41) is 19.5. The minimum atomic E-state index is -3.45. The molecule has 2 fully saturated rings. The zero-order chi connectivity index (χ0) is 23.4. The quantitative estimate of drug-likeness (QED) is 0.658. The maximum absolute atomic E-state index is 13.3. The van der Waals surface area contributed by atoms with E-state index in [1.54, 1.807) is 11.2 Å². The van der Waals surface area contributed by atoms with Crippen molar-refractivity contribution in [1.29, 1.82) is 0 Å². The first-order chi connectivity index (χ1) is 15.9. The second-order valence-corrected chi connectivity index (χ2v) is 10.9. The minimum Gasteiger partial charge on any atom is -0.395 e. The molecule has 0 bridgehead atoms. The van der Waals surface area contributed by atoms with Gasteiger partial charge in [-0.1, -0.05) is 54.3 Å². The minimum absolute atomic E-state index is 0.00526. The summed E-state index contributed by atoms with van der Waals surface area (Å²) in [4.78, 5) is 2.27. The molecule has 2 aromatic carbocycles. The monoisotopic (exact) mass is 468 g/mol. The molecule has 0 aliphatic carbocycles. The smallest absolute Gasteiger partial charge is 0.218 e. The lowest BCUT2D eigenvalue weighted by atomic mass is 9.74. The maximum Gasteiger partial charge on any atom is 0.218 e. The molecular weight excluding hydrogens is 436 g/mol. The molecule has 2 N–H and O–H groups in total. The fourth-order valence-electron chi connectivity index (χ4n) is 5.01. The summed E-state index contributed by atoms with van der Waals surface area (Å²) in [6, 6.07) is 17.2. The van der Waals surface area contributed by atoms with Gasteiger partial charge in [0.15, 0.2) is 0 Å². The number of hydrogen-bond donors (Lipinski definition) is 2. The van der Waals surface area contributed by atoms with Crippen LogP contribution in [-0.4, -0.2) is 72.3 Å². The molecule has 2 aliphatic rings. The van der Waals surface area contributed by atoms with Crippen LogP contribution in [0.25, 0.3) is 0 Å². The largest absolute Gasteiger partial charge is 0.395 e. The Morgan fingerprint density at radius 1 is 1.06 bits per heavy atom. The van der Waals surface area contributed by atoms with Gasteiger partial charge < -0.3 is 10.2 Å². The SMILES string of the molecule is C[C@H](O)C#Cc1ccc([C@H]2[C@H]3CN(S(=O)(=O)Cc4ccccc4)CCCCN3[C@H]2CO)cc1. The molecule has 0 aromatic heterocycles. The summed E-state index contributed by atoms with van der Waals surface area (Å²) in [7, 11) is -3.45. The first kappa shape index (κ1) is 23.9. The Morgan fingerprint density at radius 2 is 1.76 bits per heavy atom. The molecule has 176 valence electrons. The van der Waals surface area contributed by atoms with Crippen molar-refractivity contribution in [2.24, 2.45) is 0 Å². The first-order valence-corrected chi connectivity index (χ1v) is 13.2. The summed E-state index contributed by atoms with van der Waals surface area (Å²) in [5.41, 5.74) is 2.70. The summed E-state index contributed by atoms with van der Waals surface area (Å²) in [6.45, 7) is 3.50. The zero-order valence-corrected chi connectivity index (χ0v) is 19.8. The van der Waals surface area contributed by atoms with Crippen molar-refractivity contribution in [3.8, 4) is 11.8 Å². The molecule has 33 heavy (non-hydrogen) atoms. The maximum atomic E-state index is 13.3. The van der Waals surface area contributed by atoms with Crippen molar-refractivity contribution in [1.82, 2.24) is 9.21 Å². The number of sulfonamides is 1. The van der Waals surface area contributed by atoms with E-state index in [9.17, 15) is 18.6 Å². The number of rotatable bonds is 5. The Labute approximate surface area is 196 Å². The highest BCUT2D eigenvalue weighted by Gasteiger charge is 2.50. The molecule has 2 aromatic rings.